The lowest BCUT2D eigenvalue weighted by atomic mass is 10.0. The maximum absolute atomic E-state index is 12.6. The van der Waals surface area contributed by atoms with E-state index in [4.69, 9.17) is 4.74 Å². The molecule has 26 heavy (non-hydrogen) atoms. The van der Waals surface area contributed by atoms with Crippen molar-refractivity contribution in [3.05, 3.63) is 29.8 Å². The van der Waals surface area contributed by atoms with Crippen molar-refractivity contribution >= 4 is 29.9 Å². The minimum atomic E-state index is -0.357. The normalized spacial score (nSPS) is 25.9. The topological polar surface area (TPSA) is 70.7 Å². The van der Waals surface area contributed by atoms with Gasteiger partial charge in [-0.3, -0.25) is 9.59 Å². The second-order valence-electron chi connectivity index (χ2n) is 6.92. The molecule has 2 fully saturated rings. The molecule has 2 aliphatic rings. The first-order valence-corrected chi connectivity index (χ1v) is 9.13. The fourth-order valence-corrected chi connectivity index (χ4v) is 3.51. The fourth-order valence-electron chi connectivity index (χ4n) is 3.51. The Morgan fingerprint density at radius 1 is 1.19 bits per heavy atom. The highest BCUT2D eigenvalue weighted by molar-refractivity contribution is 5.97. The summed E-state index contributed by atoms with van der Waals surface area (Å²) in [4.78, 5) is 27.0. The molecule has 0 spiro atoms. The van der Waals surface area contributed by atoms with E-state index < -0.39 is 0 Å². The van der Waals surface area contributed by atoms with Crippen LogP contribution in [0.15, 0.2) is 24.3 Å². The Bertz CT molecular complexity index is 623. The SMILES string of the molecule is CC1CCCCN1C(=O)c1ccc(NC(=O)[C@H]2NCCO[C@@H]2C)cc1.Cl. The number of nitrogens with zero attached hydrogens (tertiary/aromatic N) is 1. The average molecular weight is 382 g/mol. The predicted octanol–water partition coefficient (Wildman–Crippen LogP) is 2.44. The third-order valence-corrected chi connectivity index (χ3v) is 5.06. The Labute approximate surface area is 161 Å². The van der Waals surface area contributed by atoms with Crippen molar-refractivity contribution in [2.24, 2.45) is 0 Å². The number of benzene rings is 1. The summed E-state index contributed by atoms with van der Waals surface area (Å²) in [5, 5.41) is 6.06. The molecule has 3 rings (SSSR count). The Balaban J connectivity index is 0.00000243. The lowest BCUT2D eigenvalue weighted by molar-refractivity contribution is -0.123. The van der Waals surface area contributed by atoms with Gasteiger partial charge in [-0.2, -0.15) is 0 Å². The largest absolute Gasteiger partial charge is 0.375 e. The van der Waals surface area contributed by atoms with E-state index in [0.29, 0.717) is 30.4 Å². The van der Waals surface area contributed by atoms with Gasteiger partial charge in [0, 0.05) is 30.4 Å². The summed E-state index contributed by atoms with van der Waals surface area (Å²) in [5.74, 6) is -0.0445. The summed E-state index contributed by atoms with van der Waals surface area (Å²) < 4.78 is 5.50. The van der Waals surface area contributed by atoms with Gasteiger partial charge >= 0.3 is 0 Å². The fraction of sp³-hybridized carbons (Fsp3) is 0.579. The third-order valence-electron chi connectivity index (χ3n) is 5.06. The lowest BCUT2D eigenvalue weighted by Gasteiger charge is -2.33. The zero-order valence-electron chi connectivity index (χ0n) is 15.4. The van der Waals surface area contributed by atoms with E-state index in [-0.39, 0.29) is 36.4 Å². The van der Waals surface area contributed by atoms with Gasteiger partial charge in [-0.05, 0) is 57.4 Å². The molecule has 1 aromatic carbocycles. The number of anilines is 1. The number of rotatable bonds is 3. The van der Waals surface area contributed by atoms with E-state index in [9.17, 15) is 9.59 Å². The first-order chi connectivity index (χ1) is 12.1. The predicted molar refractivity (Wildman–Crippen MR) is 104 cm³/mol. The van der Waals surface area contributed by atoms with Crippen molar-refractivity contribution in [3.63, 3.8) is 0 Å². The molecule has 0 aliphatic carbocycles. The highest BCUT2D eigenvalue weighted by Gasteiger charge is 2.28. The summed E-state index contributed by atoms with van der Waals surface area (Å²) in [6, 6.07) is 7.08. The van der Waals surface area contributed by atoms with E-state index >= 15 is 0 Å². The van der Waals surface area contributed by atoms with Crippen LogP contribution in [0.2, 0.25) is 0 Å². The molecule has 2 aliphatic heterocycles. The van der Waals surface area contributed by atoms with E-state index in [1.807, 2.05) is 11.8 Å². The van der Waals surface area contributed by atoms with Crippen molar-refractivity contribution in [2.45, 2.75) is 51.3 Å². The van der Waals surface area contributed by atoms with E-state index in [1.165, 1.54) is 6.42 Å². The van der Waals surface area contributed by atoms with Gasteiger partial charge in [0.1, 0.15) is 6.04 Å². The van der Waals surface area contributed by atoms with E-state index in [0.717, 1.165) is 19.4 Å². The van der Waals surface area contributed by atoms with Crippen LogP contribution in [0.5, 0.6) is 0 Å². The molecule has 144 valence electrons. The van der Waals surface area contributed by atoms with Crippen LogP contribution in [0.4, 0.5) is 5.69 Å². The maximum Gasteiger partial charge on any atom is 0.254 e. The molecular formula is C19H28ClN3O3. The van der Waals surface area contributed by atoms with E-state index in [1.54, 1.807) is 24.3 Å². The Morgan fingerprint density at radius 2 is 1.92 bits per heavy atom. The number of morpholine rings is 1. The van der Waals surface area contributed by atoms with Crippen molar-refractivity contribution < 1.29 is 14.3 Å². The van der Waals surface area contributed by atoms with Gasteiger partial charge in [-0.1, -0.05) is 0 Å². The molecule has 0 aromatic heterocycles. The lowest BCUT2D eigenvalue weighted by Crippen LogP contribution is -2.53. The molecule has 2 N–H and O–H groups in total. The first kappa shape index (κ1) is 20.7. The van der Waals surface area contributed by atoms with Gasteiger partial charge in [-0.15, -0.1) is 12.4 Å². The number of carbonyl (C=O) groups excluding carboxylic acids is 2. The molecular weight excluding hydrogens is 354 g/mol. The third kappa shape index (κ3) is 4.75. The summed E-state index contributed by atoms with van der Waals surface area (Å²) in [7, 11) is 0. The number of hydrogen-bond donors (Lipinski definition) is 2. The summed E-state index contributed by atoms with van der Waals surface area (Å²) in [6.07, 6.45) is 3.16. The van der Waals surface area contributed by atoms with Crippen LogP contribution in [0.3, 0.4) is 0 Å². The standard InChI is InChI=1S/C19H27N3O3.ClH/c1-13-5-3-4-11-22(13)19(24)15-6-8-16(9-7-15)21-18(23)17-14(2)25-12-10-20-17;/h6-9,13-14,17,20H,3-5,10-12H2,1-2H3,(H,21,23);1H/t13?,14-,17+;/m1./s1. The molecule has 6 nitrogen and oxygen atoms in total. The van der Waals surface area contributed by atoms with Gasteiger partial charge in [0.15, 0.2) is 0 Å². The van der Waals surface area contributed by atoms with Crippen LogP contribution in [0.1, 0.15) is 43.5 Å². The molecule has 3 atom stereocenters. The number of hydrogen-bond acceptors (Lipinski definition) is 4. The molecule has 2 saturated heterocycles. The molecule has 0 saturated carbocycles. The molecule has 0 radical (unpaired) electrons. The number of ether oxygens (including phenoxy) is 1. The van der Waals surface area contributed by atoms with Crippen molar-refractivity contribution in [2.75, 3.05) is 25.0 Å². The van der Waals surface area contributed by atoms with Crippen LogP contribution in [0, 0.1) is 0 Å². The van der Waals surface area contributed by atoms with Crippen LogP contribution >= 0.6 is 12.4 Å². The summed E-state index contributed by atoms with van der Waals surface area (Å²) in [6.45, 7) is 6.11. The quantitative estimate of drug-likeness (QED) is 0.843. The zero-order chi connectivity index (χ0) is 17.8. The Morgan fingerprint density at radius 3 is 2.58 bits per heavy atom. The maximum atomic E-state index is 12.6. The molecule has 1 aromatic rings. The second-order valence-corrected chi connectivity index (χ2v) is 6.92. The average Bonchev–Trinajstić information content (AvgIpc) is 2.62. The minimum Gasteiger partial charge on any atom is -0.375 e. The Kier molecular flexibility index (Phi) is 7.43. The summed E-state index contributed by atoms with van der Waals surface area (Å²) in [5.41, 5.74) is 1.35. The number of carbonyl (C=O) groups is 2. The monoisotopic (exact) mass is 381 g/mol. The molecule has 0 bridgehead atoms. The minimum absolute atomic E-state index is 0. The molecule has 7 heteroatoms. The van der Waals surface area contributed by atoms with Crippen LogP contribution in [0.25, 0.3) is 0 Å². The summed E-state index contributed by atoms with van der Waals surface area (Å²) >= 11 is 0. The van der Waals surface area contributed by atoms with Crippen molar-refractivity contribution in [3.8, 4) is 0 Å². The second kappa shape index (κ2) is 9.35. The smallest absolute Gasteiger partial charge is 0.254 e. The number of halogens is 1. The van der Waals surface area contributed by atoms with Crippen LogP contribution < -0.4 is 10.6 Å². The van der Waals surface area contributed by atoms with Crippen molar-refractivity contribution in [1.82, 2.24) is 10.2 Å². The highest BCUT2D eigenvalue weighted by Crippen LogP contribution is 2.20. The Hall–Kier alpha value is -1.63. The van der Waals surface area contributed by atoms with Crippen LogP contribution in [-0.2, 0) is 9.53 Å². The van der Waals surface area contributed by atoms with Gasteiger partial charge in [0.2, 0.25) is 5.91 Å². The zero-order valence-corrected chi connectivity index (χ0v) is 16.2. The number of nitrogens with one attached hydrogen (secondary N) is 2. The van der Waals surface area contributed by atoms with Gasteiger partial charge in [0.05, 0.1) is 12.7 Å². The molecule has 2 heterocycles. The molecule has 2 amide bonds. The number of amides is 2. The van der Waals surface area contributed by atoms with Crippen molar-refractivity contribution in [1.29, 1.82) is 0 Å². The highest BCUT2D eigenvalue weighted by atomic mass is 35.5. The number of piperidine rings is 1. The van der Waals surface area contributed by atoms with E-state index in [2.05, 4.69) is 17.6 Å². The van der Waals surface area contributed by atoms with Gasteiger partial charge < -0.3 is 20.3 Å². The molecule has 1 unspecified atom stereocenters. The van der Waals surface area contributed by atoms with Crippen LogP contribution in [-0.4, -0.2) is 54.6 Å². The van der Waals surface area contributed by atoms with Gasteiger partial charge in [-0.25, -0.2) is 0 Å². The van der Waals surface area contributed by atoms with Gasteiger partial charge in [0.25, 0.3) is 5.91 Å². The number of likely N-dealkylation sites (tertiary alicyclic amines) is 1. The first-order valence-electron chi connectivity index (χ1n) is 9.13.